The standard InChI is InChI=1S/C14H19N3O/c1-11-14(15-9-5-6-10-18-2)17-13-8-4-3-7-12(13)16-11/h3-4,7-8H,5-6,9-10H2,1-2H3,(H,15,17). The van der Waals surface area contributed by atoms with Crippen LogP contribution >= 0.6 is 0 Å². The molecule has 18 heavy (non-hydrogen) atoms. The quantitative estimate of drug-likeness (QED) is 0.795. The number of ether oxygens (including phenoxy) is 1. The number of aryl methyl sites for hydroxylation is 1. The summed E-state index contributed by atoms with van der Waals surface area (Å²) >= 11 is 0. The first kappa shape index (κ1) is 12.8. The number of benzene rings is 1. The molecule has 2 aromatic rings. The van der Waals surface area contributed by atoms with Gasteiger partial charge in [-0.2, -0.15) is 0 Å². The normalized spacial score (nSPS) is 10.8. The van der Waals surface area contributed by atoms with Crippen LogP contribution in [0.3, 0.4) is 0 Å². The predicted octanol–water partition coefficient (Wildman–Crippen LogP) is 2.78. The average molecular weight is 245 g/mol. The topological polar surface area (TPSA) is 47.0 Å². The third-order valence-electron chi connectivity index (χ3n) is 2.81. The van der Waals surface area contributed by atoms with Gasteiger partial charge in [0.15, 0.2) is 0 Å². The molecule has 4 heteroatoms. The number of aromatic nitrogens is 2. The van der Waals surface area contributed by atoms with Gasteiger partial charge in [0.2, 0.25) is 0 Å². The zero-order valence-corrected chi connectivity index (χ0v) is 10.9. The zero-order chi connectivity index (χ0) is 12.8. The minimum absolute atomic E-state index is 0.810. The highest BCUT2D eigenvalue weighted by molar-refractivity contribution is 5.76. The number of methoxy groups -OCH3 is 1. The van der Waals surface area contributed by atoms with E-state index in [-0.39, 0.29) is 0 Å². The van der Waals surface area contributed by atoms with Crippen molar-refractivity contribution in [3.05, 3.63) is 30.0 Å². The van der Waals surface area contributed by atoms with Crippen LogP contribution in [0.25, 0.3) is 11.0 Å². The van der Waals surface area contributed by atoms with Crippen molar-refractivity contribution in [1.29, 1.82) is 0 Å². The van der Waals surface area contributed by atoms with Gasteiger partial charge in [0.25, 0.3) is 0 Å². The van der Waals surface area contributed by atoms with Gasteiger partial charge in [-0.3, -0.25) is 0 Å². The third-order valence-corrected chi connectivity index (χ3v) is 2.81. The molecule has 0 bridgehead atoms. The van der Waals surface area contributed by atoms with E-state index in [9.17, 15) is 0 Å². The van der Waals surface area contributed by atoms with Crippen molar-refractivity contribution in [3.8, 4) is 0 Å². The highest BCUT2D eigenvalue weighted by Gasteiger charge is 2.03. The fraction of sp³-hybridized carbons (Fsp3) is 0.429. The summed E-state index contributed by atoms with van der Waals surface area (Å²) in [5.41, 5.74) is 2.82. The lowest BCUT2D eigenvalue weighted by Gasteiger charge is -2.09. The van der Waals surface area contributed by atoms with E-state index >= 15 is 0 Å². The summed E-state index contributed by atoms with van der Waals surface area (Å²) in [6, 6.07) is 7.93. The van der Waals surface area contributed by atoms with E-state index in [0.29, 0.717) is 0 Å². The summed E-state index contributed by atoms with van der Waals surface area (Å²) in [5, 5.41) is 3.33. The Labute approximate surface area is 107 Å². The van der Waals surface area contributed by atoms with Crippen LogP contribution in [0, 0.1) is 6.92 Å². The van der Waals surface area contributed by atoms with E-state index in [1.807, 2.05) is 31.2 Å². The van der Waals surface area contributed by atoms with Gasteiger partial charge in [-0.25, -0.2) is 9.97 Å². The molecule has 1 N–H and O–H groups in total. The lowest BCUT2D eigenvalue weighted by atomic mass is 10.3. The number of unbranched alkanes of at least 4 members (excludes halogenated alkanes) is 1. The van der Waals surface area contributed by atoms with Crippen LogP contribution in [-0.2, 0) is 4.74 Å². The Morgan fingerprint density at radius 3 is 2.56 bits per heavy atom. The fourth-order valence-electron chi connectivity index (χ4n) is 1.83. The predicted molar refractivity (Wildman–Crippen MR) is 73.9 cm³/mol. The maximum Gasteiger partial charge on any atom is 0.148 e. The van der Waals surface area contributed by atoms with E-state index in [1.165, 1.54) is 0 Å². The number of hydrogen-bond acceptors (Lipinski definition) is 4. The molecule has 0 aliphatic rings. The van der Waals surface area contributed by atoms with Gasteiger partial charge in [-0.05, 0) is 31.9 Å². The molecule has 2 rings (SSSR count). The van der Waals surface area contributed by atoms with Crippen molar-refractivity contribution in [1.82, 2.24) is 9.97 Å². The van der Waals surface area contributed by atoms with Crippen molar-refractivity contribution in [2.45, 2.75) is 19.8 Å². The molecule has 96 valence electrons. The van der Waals surface area contributed by atoms with Crippen LogP contribution in [-0.4, -0.2) is 30.2 Å². The highest BCUT2D eigenvalue weighted by atomic mass is 16.5. The van der Waals surface area contributed by atoms with Crippen LogP contribution in [0.5, 0.6) is 0 Å². The van der Waals surface area contributed by atoms with Gasteiger partial charge in [-0.15, -0.1) is 0 Å². The van der Waals surface area contributed by atoms with Crippen molar-refractivity contribution in [2.75, 3.05) is 25.6 Å². The molecule has 0 aliphatic carbocycles. The van der Waals surface area contributed by atoms with Gasteiger partial charge >= 0.3 is 0 Å². The molecule has 0 unspecified atom stereocenters. The Morgan fingerprint density at radius 1 is 1.11 bits per heavy atom. The number of hydrogen-bond donors (Lipinski definition) is 1. The Bertz CT molecular complexity index is 513. The second-order valence-electron chi connectivity index (χ2n) is 4.27. The van der Waals surface area contributed by atoms with Crippen LogP contribution in [0.15, 0.2) is 24.3 Å². The fourth-order valence-corrected chi connectivity index (χ4v) is 1.83. The van der Waals surface area contributed by atoms with Gasteiger partial charge in [0, 0.05) is 20.3 Å². The molecule has 0 radical (unpaired) electrons. The number of nitrogens with one attached hydrogen (secondary N) is 1. The largest absolute Gasteiger partial charge is 0.385 e. The molecule has 0 saturated carbocycles. The van der Waals surface area contributed by atoms with Crippen molar-refractivity contribution < 1.29 is 4.74 Å². The number of para-hydroxylation sites is 2. The summed E-state index contributed by atoms with van der Waals surface area (Å²) in [5.74, 6) is 0.881. The summed E-state index contributed by atoms with van der Waals surface area (Å²) in [6.45, 7) is 3.69. The Kier molecular flexibility index (Phi) is 4.47. The molecule has 0 spiro atoms. The Morgan fingerprint density at radius 2 is 1.83 bits per heavy atom. The minimum Gasteiger partial charge on any atom is -0.385 e. The first-order valence-electron chi connectivity index (χ1n) is 6.27. The molecule has 4 nitrogen and oxygen atoms in total. The van der Waals surface area contributed by atoms with E-state index in [1.54, 1.807) is 7.11 Å². The number of nitrogens with zero attached hydrogens (tertiary/aromatic N) is 2. The second kappa shape index (κ2) is 6.31. The first-order chi connectivity index (χ1) is 8.81. The number of fused-ring (bicyclic) bond motifs is 1. The Hall–Kier alpha value is -1.68. The molecule has 0 aliphatic heterocycles. The van der Waals surface area contributed by atoms with Gasteiger partial charge < -0.3 is 10.1 Å². The zero-order valence-electron chi connectivity index (χ0n) is 10.9. The van der Waals surface area contributed by atoms with Crippen molar-refractivity contribution >= 4 is 16.9 Å². The molecule has 1 heterocycles. The molecular weight excluding hydrogens is 226 g/mol. The maximum atomic E-state index is 5.02. The molecular formula is C14H19N3O. The SMILES string of the molecule is COCCCCNc1nc2ccccc2nc1C. The number of anilines is 1. The lowest BCUT2D eigenvalue weighted by Crippen LogP contribution is -2.07. The number of rotatable bonds is 6. The highest BCUT2D eigenvalue weighted by Crippen LogP contribution is 2.15. The monoisotopic (exact) mass is 245 g/mol. The Balaban J connectivity index is 2.01. The minimum atomic E-state index is 0.810. The first-order valence-corrected chi connectivity index (χ1v) is 6.27. The lowest BCUT2D eigenvalue weighted by molar-refractivity contribution is 0.194. The van der Waals surface area contributed by atoms with Crippen molar-refractivity contribution in [2.24, 2.45) is 0 Å². The summed E-state index contributed by atoms with van der Waals surface area (Å²) in [7, 11) is 1.73. The van der Waals surface area contributed by atoms with Gasteiger partial charge in [-0.1, -0.05) is 12.1 Å². The average Bonchev–Trinajstić information content (AvgIpc) is 2.39. The van der Waals surface area contributed by atoms with E-state index in [2.05, 4.69) is 15.3 Å². The third kappa shape index (κ3) is 3.17. The van der Waals surface area contributed by atoms with E-state index < -0.39 is 0 Å². The van der Waals surface area contributed by atoms with Gasteiger partial charge in [0.1, 0.15) is 5.82 Å². The van der Waals surface area contributed by atoms with Crippen molar-refractivity contribution in [3.63, 3.8) is 0 Å². The molecule has 0 fully saturated rings. The van der Waals surface area contributed by atoms with Crippen LogP contribution in [0.1, 0.15) is 18.5 Å². The van der Waals surface area contributed by atoms with Gasteiger partial charge in [0.05, 0.1) is 16.7 Å². The molecule has 0 atom stereocenters. The van der Waals surface area contributed by atoms with E-state index in [0.717, 1.165) is 48.5 Å². The summed E-state index contributed by atoms with van der Waals surface area (Å²) in [4.78, 5) is 9.13. The van der Waals surface area contributed by atoms with Crippen LogP contribution < -0.4 is 5.32 Å². The van der Waals surface area contributed by atoms with Crippen LogP contribution in [0.4, 0.5) is 5.82 Å². The molecule has 0 amide bonds. The second-order valence-corrected chi connectivity index (χ2v) is 4.27. The molecule has 1 aromatic heterocycles. The molecule has 1 aromatic carbocycles. The summed E-state index contributed by atoms with van der Waals surface area (Å²) in [6.07, 6.45) is 2.13. The van der Waals surface area contributed by atoms with E-state index in [4.69, 9.17) is 4.74 Å². The maximum absolute atomic E-state index is 5.02. The smallest absolute Gasteiger partial charge is 0.148 e. The summed E-state index contributed by atoms with van der Waals surface area (Å²) < 4.78 is 5.02. The molecule has 0 saturated heterocycles. The van der Waals surface area contributed by atoms with Crippen LogP contribution in [0.2, 0.25) is 0 Å².